The topological polar surface area (TPSA) is 67.4 Å². The van der Waals surface area contributed by atoms with E-state index in [4.69, 9.17) is 0 Å². The number of allylic oxidation sites excluding steroid dienone is 5. The van der Waals surface area contributed by atoms with E-state index in [1.54, 1.807) is 29.2 Å². The number of aryl methyl sites for hydroxylation is 1. The van der Waals surface area contributed by atoms with Crippen molar-refractivity contribution in [2.24, 2.45) is 0 Å². The summed E-state index contributed by atoms with van der Waals surface area (Å²) in [5.41, 5.74) is 3.15. The Morgan fingerprint density at radius 2 is 2.30 bits per heavy atom. The lowest BCUT2D eigenvalue weighted by Gasteiger charge is -2.08. The standard InChI is InChI=1S/C22H19N5/c1-3-8-17(9-4-2)10-7-13-21-24-15-18(14-23)22(26-21)27-16-25-19-11-5-6-12-20(19)27/h3-4,6,8-9,12,15-16H,1,7,10,13H2,2H3/b9-4-,17-8+. The normalized spacial score (nSPS) is 11.5. The number of nitriles is 1. The van der Waals surface area contributed by atoms with E-state index in [2.05, 4.69) is 45.8 Å². The van der Waals surface area contributed by atoms with Gasteiger partial charge >= 0.3 is 0 Å². The van der Waals surface area contributed by atoms with Gasteiger partial charge in [0.15, 0.2) is 5.82 Å². The molecule has 5 nitrogen and oxygen atoms in total. The van der Waals surface area contributed by atoms with E-state index in [1.807, 2.05) is 25.1 Å². The highest BCUT2D eigenvalue weighted by molar-refractivity contribution is 5.75. The van der Waals surface area contributed by atoms with Gasteiger partial charge in [0.1, 0.15) is 29.3 Å². The fraction of sp³-hybridized carbons (Fsp3) is 0.182. The molecule has 3 aromatic rings. The predicted octanol–water partition coefficient (Wildman–Crippen LogP) is 4.30. The van der Waals surface area contributed by atoms with Crippen LogP contribution in [0.4, 0.5) is 0 Å². The van der Waals surface area contributed by atoms with Crippen LogP contribution in [0.1, 0.15) is 31.2 Å². The molecule has 0 aliphatic heterocycles. The molecule has 0 fully saturated rings. The van der Waals surface area contributed by atoms with Crippen LogP contribution in [-0.4, -0.2) is 19.5 Å². The minimum atomic E-state index is 0.409. The maximum Gasteiger partial charge on any atom is 0.160 e. The van der Waals surface area contributed by atoms with E-state index in [9.17, 15) is 5.26 Å². The second-order valence-corrected chi connectivity index (χ2v) is 5.92. The first-order valence-electron chi connectivity index (χ1n) is 8.73. The molecule has 0 atom stereocenters. The van der Waals surface area contributed by atoms with Crippen LogP contribution < -0.4 is 0 Å². The molecule has 0 bridgehead atoms. The summed E-state index contributed by atoms with van der Waals surface area (Å²) in [5.74, 6) is 1.25. The number of rotatable bonds is 7. The van der Waals surface area contributed by atoms with Crippen molar-refractivity contribution in [3.8, 4) is 11.9 Å². The van der Waals surface area contributed by atoms with Crippen LogP contribution in [0, 0.1) is 23.5 Å². The molecule has 2 heterocycles. The second-order valence-electron chi connectivity index (χ2n) is 5.92. The van der Waals surface area contributed by atoms with Crippen molar-refractivity contribution in [2.75, 3.05) is 0 Å². The Kier molecular flexibility index (Phi) is 5.77. The van der Waals surface area contributed by atoms with Gasteiger partial charge < -0.3 is 0 Å². The SMILES string of the molecule is C=C/C=C(\C=C/C)CCCc1ncc(C#N)c(-n2cnc3c#cccc32)n1. The molecule has 0 radical (unpaired) electrons. The van der Waals surface area contributed by atoms with Crippen LogP contribution in [-0.2, 0) is 6.42 Å². The van der Waals surface area contributed by atoms with Gasteiger partial charge in [0.25, 0.3) is 0 Å². The van der Waals surface area contributed by atoms with Crippen molar-refractivity contribution in [2.45, 2.75) is 26.2 Å². The zero-order chi connectivity index (χ0) is 19.1. The van der Waals surface area contributed by atoms with Gasteiger partial charge in [-0.05, 0) is 43.5 Å². The highest BCUT2D eigenvalue weighted by atomic mass is 15.1. The summed E-state index contributed by atoms with van der Waals surface area (Å²) >= 11 is 0. The average molecular weight is 353 g/mol. The Labute approximate surface area is 159 Å². The monoisotopic (exact) mass is 353 g/mol. The first-order chi connectivity index (χ1) is 13.3. The molecule has 0 N–H and O–H groups in total. The smallest absolute Gasteiger partial charge is 0.160 e. The van der Waals surface area contributed by atoms with Gasteiger partial charge in [0, 0.05) is 6.42 Å². The first-order valence-corrected chi connectivity index (χ1v) is 8.73. The third-order valence-electron chi connectivity index (χ3n) is 4.07. The summed E-state index contributed by atoms with van der Waals surface area (Å²) in [4.78, 5) is 13.3. The molecule has 0 saturated carbocycles. The summed E-state index contributed by atoms with van der Waals surface area (Å²) in [6.07, 6.45) is 13.7. The molecule has 3 rings (SSSR count). The lowest BCUT2D eigenvalue weighted by molar-refractivity contribution is 0.764. The van der Waals surface area contributed by atoms with Gasteiger partial charge in [-0.15, -0.1) is 0 Å². The highest BCUT2D eigenvalue weighted by Gasteiger charge is 2.12. The van der Waals surface area contributed by atoms with Crippen molar-refractivity contribution in [1.29, 1.82) is 5.26 Å². The fourth-order valence-corrected chi connectivity index (χ4v) is 2.84. The van der Waals surface area contributed by atoms with Crippen molar-refractivity contribution in [1.82, 2.24) is 19.5 Å². The molecule has 27 heavy (non-hydrogen) atoms. The third-order valence-corrected chi connectivity index (χ3v) is 4.07. The number of imidazole rings is 1. The number of nitrogens with zero attached hydrogens (tertiary/aromatic N) is 5. The molecule has 0 aliphatic rings. The molecule has 1 aromatic carbocycles. The number of aromatic nitrogens is 4. The van der Waals surface area contributed by atoms with E-state index < -0.39 is 0 Å². The largest absolute Gasteiger partial charge is 0.281 e. The van der Waals surface area contributed by atoms with Crippen molar-refractivity contribution < 1.29 is 0 Å². The number of hydrogen-bond acceptors (Lipinski definition) is 4. The van der Waals surface area contributed by atoms with E-state index >= 15 is 0 Å². The number of hydrogen-bond donors (Lipinski definition) is 0. The van der Waals surface area contributed by atoms with Gasteiger partial charge in [-0.3, -0.25) is 4.57 Å². The average Bonchev–Trinajstić information content (AvgIpc) is 3.12. The van der Waals surface area contributed by atoms with Crippen LogP contribution >= 0.6 is 0 Å². The molecule has 5 heteroatoms. The molecule has 132 valence electrons. The predicted molar refractivity (Wildman–Crippen MR) is 105 cm³/mol. The summed E-state index contributed by atoms with van der Waals surface area (Å²) < 4.78 is 1.80. The summed E-state index contributed by atoms with van der Waals surface area (Å²) in [6.45, 7) is 5.75. The van der Waals surface area contributed by atoms with Gasteiger partial charge in [-0.2, -0.15) is 5.26 Å². The Morgan fingerprint density at radius 3 is 3.07 bits per heavy atom. The van der Waals surface area contributed by atoms with Crippen LogP contribution in [0.3, 0.4) is 0 Å². The lowest BCUT2D eigenvalue weighted by atomic mass is 10.1. The first kappa shape index (κ1) is 18.1. The van der Waals surface area contributed by atoms with Crippen molar-refractivity contribution >= 4 is 11.0 Å². The zero-order valence-corrected chi connectivity index (χ0v) is 15.2. The maximum absolute atomic E-state index is 9.44. The zero-order valence-electron chi connectivity index (χ0n) is 15.2. The Hall–Kier alpha value is -3.70. The number of fused-ring (bicyclic) bond motifs is 1. The van der Waals surface area contributed by atoms with E-state index in [0.29, 0.717) is 22.7 Å². The lowest BCUT2D eigenvalue weighted by Crippen LogP contribution is -2.05. The quantitative estimate of drug-likeness (QED) is 0.594. The van der Waals surface area contributed by atoms with Gasteiger partial charge in [-0.25, -0.2) is 15.0 Å². The minimum absolute atomic E-state index is 0.409. The van der Waals surface area contributed by atoms with Crippen LogP contribution in [0.2, 0.25) is 0 Å². The maximum atomic E-state index is 9.44. The van der Waals surface area contributed by atoms with Crippen LogP contribution in [0.15, 0.2) is 61.1 Å². The Balaban J connectivity index is 1.85. The van der Waals surface area contributed by atoms with Gasteiger partial charge in [0.05, 0.1) is 11.7 Å². The molecule has 0 unspecified atom stereocenters. The van der Waals surface area contributed by atoms with Crippen LogP contribution in [0.5, 0.6) is 0 Å². The molecule has 0 amide bonds. The molecule has 2 aromatic heterocycles. The highest BCUT2D eigenvalue weighted by Crippen LogP contribution is 2.18. The molecular formula is C22H19N5. The second kappa shape index (κ2) is 8.60. The summed E-state index contributed by atoms with van der Waals surface area (Å²) in [7, 11) is 0. The van der Waals surface area contributed by atoms with Crippen LogP contribution in [0.25, 0.3) is 16.9 Å². The molecular weight excluding hydrogens is 334 g/mol. The molecule has 0 saturated heterocycles. The third kappa shape index (κ3) is 4.11. The van der Waals surface area contributed by atoms with E-state index in [-0.39, 0.29) is 0 Å². The Bertz CT molecular complexity index is 1050. The van der Waals surface area contributed by atoms with Gasteiger partial charge in [-0.1, -0.05) is 36.9 Å². The van der Waals surface area contributed by atoms with Gasteiger partial charge in [0.2, 0.25) is 0 Å². The fourth-order valence-electron chi connectivity index (χ4n) is 2.84. The summed E-state index contributed by atoms with van der Waals surface area (Å²) in [5, 5.41) is 9.44. The molecule has 0 spiro atoms. The van der Waals surface area contributed by atoms with E-state index in [0.717, 1.165) is 24.8 Å². The Morgan fingerprint density at radius 1 is 1.41 bits per heavy atom. The van der Waals surface area contributed by atoms with E-state index in [1.165, 1.54) is 5.57 Å². The van der Waals surface area contributed by atoms with Crippen molar-refractivity contribution in [3.63, 3.8) is 0 Å². The molecule has 0 aliphatic carbocycles. The minimum Gasteiger partial charge on any atom is -0.281 e. The summed E-state index contributed by atoms with van der Waals surface area (Å²) in [6, 6.07) is 11.7. The van der Waals surface area contributed by atoms with Crippen molar-refractivity contribution in [3.05, 3.63) is 84.6 Å².